The number of likely N-dealkylation sites (tertiary alicyclic amines) is 1. The first kappa shape index (κ1) is 15.7. The summed E-state index contributed by atoms with van der Waals surface area (Å²) in [4.78, 5) is 17.8. The number of nitrogens with zero attached hydrogens (tertiary/aromatic N) is 3. The number of urea groups is 1. The number of pyridine rings is 1. The molecule has 1 unspecified atom stereocenters. The van der Waals surface area contributed by atoms with Gasteiger partial charge in [-0.25, -0.2) is 18.6 Å². The Morgan fingerprint density at radius 3 is 3.13 bits per heavy atom. The molecule has 0 bridgehead atoms. The van der Waals surface area contributed by atoms with Gasteiger partial charge in [-0.05, 0) is 25.5 Å². The van der Waals surface area contributed by atoms with E-state index in [-0.39, 0.29) is 18.6 Å². The van der Waals surface area contributed by atoms with Crippen LogP contribution in [0.3, 0.4) is 0 Å². The highest BCUT2D eigenvalue weighted by atomic mass is 19.3. The first-order valence-electron chi connectivity index (χ1n) is 7.61. The summed E-state index contributed by atoms with van der Waals surface area (Å²) in [5.74, 6) is 0. The summed E-state index contributed by atoms with van der Waals surface area (Å²) in [6, 6.07) is 3.17. The van der Waals surface area contributed by atoms with Crippen LogP contribution in [0.25, 0.3) is 5.65 Å². The van der Waals surface area contributed by atoms with E-state index in [0.29, 0.717) is 18.8 Å². The van der Waals surface area contributed by atoms with Crippen molar-refractivity contribution < 1.29 is 13.6 Å². The second kappa shape index (κ2) is 6.91. The molecular formula is C15H19F2N5O. The van der Waals surface area contributed by atoms with Gasteiger partial charge in [-0.1, -0.05) is 0 Å². The van der Waals surface area contributed by atoms with E-state index in [0.717, 1.165) is 18.5 Å². The van der Waals surface area contributed by atoms with Gasteiger partial charge in [0, 0.05) is 42.9 Å². The smallest absolute Gasteiger partial charge is 0.319 e. The molecule has 1 fully saturated rings. The maximum Gasteiger partial charge on any atom is 0.319 e. The minimum absolute atomic E-state index is 0.0236. The Hall–Kier alpha value is -2.22. The molecule has 1 saturated heterocycles. The van der Waals surface area contributed by atoms with Crippen LogP contribution in [-0.4, -0.2) is 52.4 Å². The predicted octanol–water partition coefficient (Wildman–Crippen LogP) is 2.19. The van der Waals surface area contributed by atoms with Crippen LogP contribution in [0.1, 0.15) is 12.8 Å². The van der Waals surface area contributed by atoms with Crippen LogP contribution in [0.2, 0.25) is 0 Å². The van der Waals surface area contributed by atoms with Gasteiger partial charge in [0.1, 0.15) is 5.65 Å². The molecule has 1 aliphatic heterocycles. The third-order valence-electron chi connectivity index (χ3n) is 4.03. The van der Waals surface area contributed by atoms with Crippen molar-refractivity contribution in [3.8, 4) is 0 Å². The number of fused-ring (bicyclic) bond motifs is 1. The lowest BCUT2D eigenvalue weighted by molar-refractivity contribution is 0.0826. The van der Waals surface area contributed by atoms with Crippen molar-refractivity contribution in [3.05, 3.63) is 30.7 Å². The molecule has 2 amide bonds. The van der Waals surface area contributed by atoms with E-state index < -0.39 is 6.43 Å². The summed E-state index contributed by atoms with van der Waals surface area (Å²) in [5.41, 5.74) is 1.37. The molecule has 3 heterocycles. The SMILES string of the molecule is O=C(NCC1CCCN1CC(F)F)Nc1ccn2ccnc2c1. The van der Waals surface area contributed by atoms with Crippen LogP contribution < -0.4 is 10.6 Å². The van der Waals surface area contributed by atoms with Crippen LogP contribution in [-0.2, 0) is 0 Å². The average Bonchev–Trinajstić information content (AvgIpc) is 3.13. The summed E-state index contributed by atoms with van der Waals surface area (Å²) in [6.45, 7) is 0.795. The lowest BCUT2D eigenvalue weighted by Gasteiger charge is -2.24. The van der Waals surface area contributed by atoms with Crippen LogP contribution in [0, 0.1) is 0 Å². The number of halogens is 2. The molecule has 0 aliphatic carbocycles. The van der Waals surface area contributed by atoms with Crippen molar-refractivity contribution in [3.63, 3.8) is 0 Å². The third-order valence-corrected chi connectivity index (χ3v) is 4.03. The van der Waals surface area contributed by atoms with Gasteiger partial charge >= 0.3 is 6.03 Å². The van der Waals surface area contributed by atoms with E-state index in [2.05, 4.69) is 15.6 Å². The molecule has 2 aromatic rings. The van der Waals surface area contributed by atoms with E-state index in [1.165, 1.54) is 0 Å². The van der Waals surface area contributed by atoms with E-state index in [9.17, 15) is 13.6 Å². The standard InChI is InChI=1S/C15H19F2N5O/c16-13(17)10-22-5-1-2-12(22)9-19-15(23)20-11-3-6-21-7-4-18-14(21)8-11/h3-4,6-8,12-13H,1-2,5,9-10H2,(H2,19,20,23). The third kappa shape index (κ3) is 3.95. The van der Waals surface area contributed by atoms with Gasteiger partial charge in [-0.15, -0.1) is 0 Å². The quantitative estimate of drug-likeness (QED) is 0.887. The van der Waals surface area contributed by atoms with Crippen molar-refractivity contribution in [2.45, 2.75) is 25.3 Å². The molecular weight excluding hydrogens is 304 g/mol. The van der Waals surface area contributed by atoms with E-state index in [1.807, 2.05) is 10.6 Å². The molecule has 0 radical (unpaired) electrons. The second-order valence-corrected chi connectivity index (χ2v) is 5.63. The maximum atomic E-state index is 12.5. The normalized spacial score (nSPS) is 18.7. The Balaban J connectivity index is 1.51. The van der Waals surface area contributed by atoms with Crippen molar-refractivity contribution in [2.24, 2.45) is 0 Å². The van der Waals surface area contributed by atoms with Crippen molar-refractivity contribution in [1.82, 2.24) is 19.6 Å². The predicted molar refractivity (Wildman–Crippen MR) is 82.8 cm³/mol. The fourth-order valence-corrected chi connectivity index (χ4v) is 2.92. The molecule has 0 saturated carbocycles. The molecule has 3 rings (SSSR count). The van der Waals surface area contributed by atoms with E-state index >= 15 is 0 Å². The van der Waals surface area contributed by atoms with E-state index in [4.69, 9.17) is 0 Å². The molecule has 0 aromatic carbocycles. The number of aromatic nitrogens is 2. The van der Waals surface area contributed by atoms with Crippen LogP contribution >= 0.6 is 0 Å². The summed E-state index contributed by atoms with van der Waals surface area (Å²) >= 11 is 0. The summed E-state index contributed by atoms with van der Waals surface area (Å²) in [6.07, 6.45) is 4.67. The Bertz CT molecular complexity index is 675. The molecule has 6 nitrogen and oxygen atoms in total. The van der Waals surface area contributed by atoms with Gasteiger partial charge in [-0.2, -0.15) is 0 Å². The molecule has 1 aliphatic rings. The van der Waals surface area contributed by atoms with Crippen molar-refractivity contribution in [1.29, 1.82) is 0 Å². The van der Waals surface area contributed by atoms with Gasteiger partial charge in [0.15, 0.2) is 0 Å². The molecule has 2 aromatic heterocycles. The first-order chi connectivity index (χ1) is 11.1. The lowest BCUT2D eigenvalue weighted by atomic mass is 10.2. The van der Waals surface area contributed by atoms with Crippen molar-refractivity contribution in [2.75, 3.05) is 25.0 Å². The lowest BCUT2D eigenvalue weighted by Crippen LogP contribution is -2.43. The number of hydrogen-bond donors (Lipinski definition) is 2. The topological polar surface area (TPSA) is 61.7 Å². The van der Waals surface area contributed by atoms with Crippen molar-refractivity contribution >= 4 is 17.4 Å². The number of nitrogens with one attached hydrogen (secondary N) is 2. The number of rotatable bonds is 5. The number of carbonyl (C=O) groups is 1. The number of anilines is 1. The second-order valence-electron chi connectivity index (χ2n) is 5.63. The Kier molecular flexibility index (Phi) is 4.71. The zero-order valence-corrected chi connectivity index (χ0v) is 12.6. The summed E-state index contributed by atoms with van der Waals surface area (Å²) in [5, 5.41) is 5.49. The molecule has 0 spiro atoms. The zero-order chi connectivity index (χ0) is 16.2. The minimum atomic E-state index is -2.34. The summed E-state index contributed by atoms with van der Waals surface area (Å²) in [7, 11) is 0. The van der Waals surface area contributed by atoms with Gasteiger partial charge in [0.2, 0.25) is 0 Å². The van der Waals surface area contributed by atoms with Gasteiger partial charge in [-0.3, -0.25) is 4.90 Å². The molecule has 1 atom stereocenters. The largest absolute Gasteiger partial charge is 0.336 e. The summed E-state index contributed by atoms with van der Waals surface area (Å²) < 4.78 is 26.8. The average molecular weight is 323 g/mol. The number of imidazole rings is 1. The Morgan fingerprint density at radius 2 is 2.30 bits per heavy atom. The number of hydrogen-bond acceptors (Lipinski definition) is 3. The Labute approximate surface area is 132 Å². The van der Waals surface area contributed by atoms with Gasteiger partial charge in [0.25, 0.3) is 6.43 Å². The number of carbonyl (C=O) groups excluding carboxylic acids is 1. The van der Waals surface area contributed by atoms with Gasteiger partial charge in [0.05, 0.1) is 6.54 Å². The molecule has 124 valence electrons. The van der Waals surface area contributed by atoms with Crippen LogP contribution in [0.4, 0.5) is 19.3 Å². The maximum absolute atomic E-state index is 12.5. The fraction of sp³-hybridized carbons (Fsp3) is 0.467. The fourth-order valence-electron chi connectivity index (χ4n) is 2.92. The Morgan fingerprint density at radius 1 is 1.43 bits per heavy atom. The van der Waals surface area contributed by atoms with Gasteiger partial charge < -0.3 is 15.0 Å². The number of alkyl halides is 2. The molecule has 2 N–H and O–H groups in total. The monoisotopic (exact) mass is 323 g/mol. The highest BCUT2D eigenvalue weighted by Gasteiger charge is 2.26. The highest BCUT2D eigenvalue weighted by molar-refractivity contribution is 5.89. The number of amides is 2. The molecule has 8 heteroatoms. The minimum Gasteiger partial charge on any atom is -0.336 e. The zero-order valence-electron chi connectivity index (χ0n) is 12.6. The molecule has 23 heavy (non-hydrogen) atoms. The first-order valence-corrected chi connectivity index (χ1v) is 7.61. The van der Waals surface area contributed by atoms with Crippen LogP contribution in [0.15, 0.2) is 30.7 Å². The highest BCUT2D eigenvalue weighted by Crippen LogP contribution is 2.17. The van der Waals surface area contributed by atoms with E-state index in [1.54, 1.807) is 29.4 Å². The van der Waals surface area contributed by atoms with Crippen LogP contribution in [0.5, 0.6) is 0 Å².